The largest absolute Gasteiger partial charge is 0.385 e. The summed E-state index contributed by atoms with van der Waals surface area (Å²) in [6.45, 7) is 4.65. The Balaban J connectivity index is 3.54. The molecule has 0 aromatic carbocycles. The molecule has 0 bridgehead atoms. The molecule has 2 unspecified atom stereocenters. The number of hydrogen-bond acceptors (Lipinski definition) is 2. The summed E-state index contributed by atoms with van der Waals surface area (Å²) in [4.78, 5) is 10.4. The highest BCUT2D eigenvalue weighted by Gasteiger charge is 2.41. The van der Waals surface area contributed by atoms with Crippen LogP contribution in [0.1, 0.15) is 136 Å². The molecule has 0 radical (unpaired) electrons. The zero-order chi connectivity index (χ0) is 24.8. The van der Waals surface area contributed by atoms with Gasteiger partial charge in [0.1, 0.15) is 0 Å². The molecule has 0 saturated carbocycles. The summed E-state index contributed by atoms with van der Waals surface area (Å²) < 4.78 is 18.5. The minimum atomic E-state index is -3.60. The fourth-order valence-corrected chi connectivity index (χ4v) is 6.45. The predicted octanol–water partition coefficient (Wildman–Crippen LogP) is 9.23. The predicted molar refractivity (Wildman–Crippen MR) is 146 cm³/mol. The summed E-state index contributed by atoms with van der Waals surface area (Å²) in [5, 5.41) is 0. The Morgan fingerprint density at radius 3 is 1.55 bits per heavy atom. The van der Waals surface area contributed by atoms with Gasteiger partial charge in [0.25, 0.3) is 0 Å². The van der Waals surface area contributed by atoms with Crippen molar-refractivity contribution in [2.45, 2.75) is 142 Å². The summed E-state index contributed by atoms with van der Waals surface area (Å²) >= 11 is 0. The fraction of sp³-hybridized carbons (Fsp3) is 0.929. The van der Waals surface area contributed by atoms with E-state index in [0.717, 1.165) is 12.8 Å². The van der Waals surface area contributed by atoms with Crippen LogP contribution in [0.4, 0.5) is 0 Å². The van der Waals surface area contributed by atoms with Crippen molar-refractivity contribution in [2.75, 3.05) is 27.7 Å². The minimum absolute atomic E-state index is 0.323. The van der Waals surface area contributed by atoms with Gasteiger partial charge in [-0.05, 0) is 25.7 Å². The van der Waals surface area contributed by atoms with Gasteiger partial charge in [0, 0.05) is 6.42 Å². The molecule has 198 valence electrons. The lowest BCUT2D eigenvalue weighted by Gasteiger charge is -2.35. The average Bonchev–Trinajstić information content (AvgIpc) is 2.75. The molecule has 0 aliphatic heterocycles. The molecule has 0 aliphatic carbocycles. The molecule has 1 N–H and O–H groups in total. The molecule has 0 aliphatic rings. The molecule has 0 amide bonds. The molecule has 33 heavy (non-hydrogen) atoms. The average molecular weight is 489 g/mol. The summed E-state index contributed by atoms with van der Waals surface area (Å²) in [7, 11) is 2.29. The van der Waals surface area contributed by atoms with Crippen molar-refractivity contribution >= 4 is 7.60 Å². The minimum Gasteiger partial charge on any atom is -0.320 e. The fourth-order valence-electron chi connectivity index (χ4n) is 4.45. The second-order valence-electron chi connectivity index (χ2n) is 10.8. The summed E-state index contributed by atoms with van der Waals surface area (Å²) in [6, 6.07) is 0. The molecule has 0 spiro atoms. The van der Waals surface area contributed by atoms with Gasteiger partial charge in [0.2, 0.25) is 0 Å². The second-order valence-corrected chi connectivity index (χ2v) is 12.8. The van der Waals surface area contributed by atoms with Crippen molar-refractivity contribution < 1.29 is 18.5 Å². The first-order chi connectivity index (χ1) is 15.8. The normalized spacial score (nSPS) is 15.2. The lowest BCUT2D eigenvalue weighted by Crippen LogP contribution is -2.45. The molecule has 0 saturated heterocycles. The zero-order valence-corrected chi connectivity index (χ0v) is 23.9. The van der Waals surface area contributed by atoms with Crippen molar-refractivity contribution in [3.05, 3.63) is 12.2 Å². The van der Waals surface area contributed by atoms with Crippen LogP contribution in [0.5, 0.6) is 0 Å². The third kappa shape index (κ3) is 19.8. The van der Waals surface area contributed by atoms with Crippen molar-refractivity contribution in [3.8, 4) is 0 Å². The highest BCUT2D eigenvalue weighted by molar-refractivity contribution is 7.53. The van der Waals surface area contributed by atoms with Gasteiger partial charge in [-0.15, -0.1) is 0 Å². The van der Waals surface area contributed by atoms with Crippen molar-refractivity contribution in [2.24, 2.45) is 0 Å². The molecule has 4 nitrogen and oxygen atoms in total. The Kier molecular flexibility index (Phi) is 21.1. The molecular weight excluding hydrogens is 429 g/mol. The van der Waals surface area contributed by atoms with Gasteiger partial charge in [0.15, 0.2) is 5.78 Å². The first kappa shape index (κ1) is 32.8. The zero-order valence-electron chi connectivity index (χ0n) is 23.0. The van der Waals surface area contributed by atoms with Crippen LogP contribution >= 0.6 is 7.60 Å². The van der Waals surface area contributed by atoms with Gasteiger partial charge in [-0.25, -0.2) is 0 Å². The Bertz CT molecular complexity index is 502. The van der Waals surface area contributed by atoms with Crippen LogP contribution in [0.15, 0.2) is 12.2 Å². The highest BCUT2D eigenvalue weighted by atomic mass is 31.2. The topological polar surface area (TPSA) is 46.5 Å². The SMILES string of the molecule is CCCCCCCCCCCCCCCCC/C=C\CCOP(=O)(O)C(CCC)[N+](C)(C)C. The smallest absolute Gasteiger partial charge is 0.320 e. The molecule has 0 rings (SSSR count). The van der Waals surface area contributed by atoms with E-state index in [1.807, 2.05) is 28.1 Å². The molecular formula is C28H59NO3P+. The number of unbranched alkanes of at least 4 members (excludes halogenated alkanes) is 15. The van der Waals surface area contributed by atoms with E-state index in [1.54, 1.807) is 0 Å². The third-order valence-corrected chi connectivity index (χ3v) is 8.78. The summed E-state index contributed by atoms with van der Waals surface area (Å²) in [5.41, 5.74) is 0. The number of nitrogens with zero attached hydrogens (tertiary/aromatic N) is 1. The van der Waals surface area contributed by atoms with Gasteiger partial charge in [-0.3, -0.25) is 4.57 Å². The Hall–Kier alpha value is -0.150. The maximum atomic E-state index is 12.6. The van der Waals surface area contributed by atoms with E-state index in [1.165, 1.54) is 96.3 Å². The number of hydrogen-bond donors (Lipinski definition) is 1. The lowest BCUT2D eigenvalue weighted by atomic mass is 10.0. The number of quaternary nitrogens is 1. The maximum absolute atomic E-state index is 12.6. The van der Waals surface area contributed by atoms with Crippen molar-refractivity contribution in [1.82, 2.24) is 0 Å². The maximum Gasteiger partial charge on any atom is 0.385 e. The molecule has 5 heteroatoms. The van der Waals surface area contributed by atoms with Crippen LogP contribution in [-0.2, 0) is 9.09 Å². The Morgan fingerprint density at radius 2 is 1.12 bits per heavy atom. The van der Waals surface area contributed by atoms with Gasteiger partial charge in [-0.2, -0.15) is 0 Å². The van der Waals surface area contributed by atoms with E-state index in [4.69, 9.17) is 4.52 Å². The highest BCUT2D eigenvalue weighted by Crippen LogP contribution is 2.51. The van der Waals surface area contributed by atoms with Crippen molar-refractivity contribution in [3.63, 3.8) is 0 Å². The quantitative estimate of drug-likeness (QED) is 0.0637. The number of allylic oxidation sites excluding steroid dienone is 1. The van der Waals surface area contributed by atoms with Crippen LogP contribution < -0.4 is 0 Å². The van der Waals surface area contributed by atoms with E-state index >= 15 is 0 Å². The van der Waals surface area contributed by atoms with E-state index in [-0.39, 0.29) is 5.78 Å². The summed E-state index contributed by atoms with van der Waals surface area (Å²) in [5.74, 6) is -0.355. The van der Waals surface area contributed by atoms with Gasteiger partial charge < -0.3 is 13.9 Å². The lowest BCUT2D eigenvalue weighted by molar-refractivity contribution is -0.883. The van der Waals surface area contributed by atoms with Gasteiger partial charge in [0.05, 0.1) is 27.7 Å². The monoisotopic (exact) mass is 488 g/mol. The van der Waals surface area contributed by atoms with Crippen LogP contribution in [0.25, 0.3) is 0 Å². The molecule has 0 heterocycles. The van der Waals surface area contributed by atoms with Crippen LogP contribution in [-0.4, -0.2) is 42.9 Å². The van der Waals surface area contributed by atoms with Gasteiger partial charge >= 0.3 is 7.60 Å². The molecule has 0 aromatic heterocycles. The first-order valence-corrected chi connectivity index (χ1v) is 15.8. The summed E-state index contributed by atoms with van der Waals surface area (Å²) in [6.07, 6.45) is 28.6. The Morgan fingerprint density at radius 1 is 0.697 bits per heavy atom. The van der Waals surface area contributed by atoms with Crippen LogP contribution in [0.3, 0.4) is 0 Å². The first-order valence-electron chi connectivity index (χ1n) is 14.2. The molecule has 2 atom stereocenters. The van der Waals surface area contributed by atoms with Crippen molar-refractivity contribution in [1.29, 1.82) is 0 Å². The number of rotatable bonds is 24. The van der Waals surface area contributed by atoms with E-state index in [0.29, 0.717) is 23.9 Å². The van der Waals surface area contributed by atoms with E-state index in [2.05, 4.69) is 19.1 Å². The standard InChI is InChI=1S/C28H58NO3P/c1-6-8-9-10-11-12-13-14-15-16-17-18-19-20-21-22-23-24-25-27-32-33(30,31)28(26-7-2)29(3,4)5/h23-24,28H,6-22,25-27H2,1-5H3/p+1/b24-23-. The molecule has 0 fully saturated rings. The van der Waals surface area contributed by atoms with Crippen LogP contribution in [0.2, 0.25) is 0 Å². The molecule has 0 aromatic rings. The van der Waals surface area contributed by atoms with Crippen LogP contribution in [0, 0.1) is 0 Å². The van der Waals surface area contributed by atoms with Gasteiger partial charge in [-0.1, -0.05) is 116 Å². The van der Waals surface area contributed by atoms with E-state index in [9.17, 15) is 9.46 Å². The van der Waals surface area contributed by atoms with E-state index < -0.39 is 7.60 Å². The second kappa shape index (κ2) is 21.2. The third-order valence-electron chi connectivity index (χ3n) is 6.52. The Labute approximate surface area is 207 Å².